The van der Waals surface area contributed by atoms with Gasteiger partial charge in [0.2, 0.25) is 11.7 Å². The number of hydrogen-bond donors (Lipinski definition) is 4. The highest BCUT2D eigenvalue weighted by molar-refractivity contribution is 5.39. The first kappa shape index (κ1) is 29.9. The Hall–Kier alpha value is -3.11. The number of aromatic hydroxyl groups is 1. The maximum Gasteiger partial charge on any atom is 0.332 e. The van der Waals surface area contributed by atoms with Crippen LogP contribution in [0.5, 0.6) is 11.6 Å². The number of aliphatic hydroxyl groups excluding tert-OH is 1. The summed E-state index contributed by atoms with van der Waals surface area (Å²) >= 11 is 0. The Morgan fingerprint density at radius 1 is 1.07 bits per heavy atom. The van der Waals surface area contributed by atoms with Gasteiger partial charge in [-0.05, 0) is 74.0 Å². The van der Waals surface area contributed by atoms with Crippen LogP contribution in [0.1, 0.15) is 75.2 Å². The van der Waals surface area contributed by atoms with Crippen LogP contribution in [0.3, 0.4) is 0 Å². The van der Waals surface area contributed by atoms with Crippen molar-refractivity contribution in [1.29, 1.82) is 0 Å². The third-order valence-corrected chi connectivity index (χ3v) is 7.03. The Labute approximate surface area is 236 Å². The molecule has 2 heterocycles. The van der Waals surface area contributed by atoms with Crippen molar-refractivity contribution in [2.75, 3.05) is 26.3 Å². The summed E-state index contributed by atoms with van der Waals surface area (Å²) in [5.74, 6) is 0.0662. The zero-order valence-corrected chi connectivity index (χ0v) is 23.7. The monoisotopic (exact) mass is 553 g/mol. The molecular weight excluding hydrogens is 510 g/mol. The van der Waals surface area contributed by atoms with Gasteiger partial charge in [-0.3, -0.25) is 9.55 Å². The van der Waals surface area contributed by atoms with Crippen LogP contribution in [-0.4, -0.2) is 51.9 Å². The maximum atomic E-state index is 11.9. The Kier molecular flexibility index (Phi) is 10.8. The van der Waals surface area contributed by atoms with Gasteiger partial charge in [-0.1, -0.05) is 31.0 Å². The fourth-order valence-electron chi connectivity index (χ4n) is 4.80. The number of aromatic nitrogens is 2. The van der Waals surface area contributed by atoms with Gasteiger partial charge in [0.1, 0.15) is 5.75 Å². The molecule has 1 aliphatic heterocycles. The molecule has 9 nitrogen and oxygen atoms in total. The van der Waals surface area contributed by atoms with E-state index in [0.717, 1.165) is 92.8 Å². The molecule has 4 rings (SSSR count). The summed E-state index contributed by atoms with van der Waals surface area (Å²) in [6, 6.07) is 13.6. The van der Waals surface area contributed by atoms with Crippen molar-refractivity contribution in [1.82, 2.24) is 14.9 Å². The van der Waals surface area contributed by atoms with Crippen molar-refractivity contribution in [3.8, 4) is 17.3 Å². The van der Waals surface area contributed by atoms with Crippen molar-refractivity contribution in [3.63, 3.8) is 0 Å². The van der Waals surface area contributed by atoms with Gasteiger partial charge in [0.25, 0.3) is 0 Å². The SMILES string of the molecule is CC1(C)OCc2cc([C@@H](O)CNCCCCCCOCCCCc3cccc(-n4cc(O)[nH]c4=O)c3)ccc2O1. The molecule has 0 amide bonds. The number of hydrogen-bond acceptors (Lipinski definition) is 7. The van der Waals surface area contributed by atoms with Gasteiger partial charge in [0, 0.05) is 39.2 Å². The number of aryl methyl sites for hydroxylation is 1. The molecule has 2 aromatic carbocycles. The lowest BCUT2D eigenvalue weighted by molar-refractivity contribution is -0.180. The smallest absolute Gasteiger partial charge is 0.332 e. The molecule has 0 bridgehead atoms. The zero-order chi connectivity index (χ0) is 28.4. The Balaban J connectivity index is 0.988. The average molecular weight is 554 g/mol. The predicted octanol–water partition coefficient (Wildman–Crippen LogP) is 4.74. The van der Waals surface area contributed by atoms with Crippen LogP contribution in [-0.2, 0) is 22.5 Å². The second-order valence-electron chi connectivity index (χ2n) is 10.8. The van der Waals surface area contributed by atoms with E-state index in [9.17, 15) is 15.0 Å². The average Bonchev–Trinajstić information content (AvgIpc) is 3.28. The first-order valence-corrected chi connectivity index (χ1v) is 14.3. The normalized spacial score (nSPS) is 15.0. The van der Waals surface area contributed by atoms with Crippen molar-refractivity contribution < 1.29 is 24.4 Å². The molecule has 0 fully saturated rings. The molecule has 1 aromatic heterocycles. The molecule has 218 valence electrons. The van der Waals surface area contributed by atoms with Crippen molar-refractivity contribution in [2.45, 2.75) is 77.3 Å². The Bertz CT molecular complexity index is 1270. The summed E-state index contributed by atoms with van der Waals surface area (Å²) in [4.78, 5) is 14.2. The van der Waals surface area contributed by atoms with Gasteiger partial charge in [-0.25, -0.2) is 4.79 Å². The quantitative estimate of drug-likeness (QED) is 0.189. The number of nitrogens with one attached hydrogen (secondary N) is 2. The van der Waals surface area contributed by atoms with Crippen molar-refractivity contribution in [2.24, 2.45) is 0 Å². The number of unbranched alkanes of at least 4 members (excludes halogenated alkanes) is 4. The number of rotatable bonds is 16. The van der Waals surface area contributed by atoms with E-state index in [2.05, 4.69) is 16.4 Å². The number of imidazole rings is 1. The summed E-state index contributed by atoms with van der Waals surface area (Å²) < 4.78 is 18.7. The lowest BCUT2D eigenvalue weighted by Crippen LogP contribution is -2.35. The number of fused-ring (bicyclic) bond motifs is 1. The zero-order valence-electron chi connectivity index (χ0n) is 23.7. The van der Waals surface area contributed by atoms with E-state index < -0.39 is 11.9 Å². The first-order valence-electron chi connectivity index (χ1n) is 14.3. The predicted molar refractivity (Wildman–Crippen MR) is 154 cm³/mol. The van der Waals surface area contributed by atoms with Crippen LogP contribution >= 0.6 is 0 Å². The molecule has 1 atom stereocenters. The maximum absolute atomic E-state index is 11.9. The molecule has 0 spiro atoms. The number of aliphatic hydroxyl groups is 1. The second kappa shape index (κ2) is 14.5. The summed E-state index contributed by atoms with van der Waals surface area (Å²) in [7, 11) is 0. The van der Waals surface area contributed by atoms with E-state index in [1.54, 1.807) is 0 Å². The van der Waals surface area contributed by atoms with Gasteiger partial charge in [-0.2, -0.15) is 0 Å². The summed E-state index contributed by atoms with van der Waals surface area (Å²) in [6.07, 6.45) is 8.14. The van der Waals surface area contributed by atoms with Crippen LogP contribution in [0.15, 0.2) is 53.5 Å². The number of H-pyrrole nitrogens is 1. The van der Waals surface area contributed by atoms with Gasteiger partial charge in [0.05, 0.1) is 24.6 Å². The minimum absolute atomic E-state index is 0.141. The van der Waals surface area contributed by atoms with Crippen molar-refractivity contribution >= 4 is 0 Å². The summed E-state index contributed by atoms with van der Waals surface area (Å²) in [6.45, 7) is 7.21. The van der Waals surface area contributed by atoms with Gasteiger partial charge in [-0.15, -0.1) is 0 Å². The molecule has 0 unspecified atom stereocenters. The molecule has 0 saturated carbocycles. The molecular formula is C31H43N3O6. The second-order valence-corrected chi connectivity index (χ2v) is 10.8. The standard InChI is InChI=1S/C31H43N3O6/c1-31(2)39-22-25-19-24(13-14-28(25)40-31)27(35)20-32-15-6-3-4-7-16-38-17-8-5-10-23-11-9-12-26(18-23)34-21-29(36)33-30(34)37/h9,11-14,18-19,21,27,32,35-36H,3-8,10,15-17,20,22H2,1-2H3,(H,33,37)/t27-/m0/s1. The van der Waals surface area contributed by atoms with E-state index in [1.165, 1.54) is 10.8 Å². The van der Waals surface area contributed by atoms with Crippen molar-refractivity contribution in [3.05, 3.63) is 75.8 Å². The molecule has 3 aromatic rings. The molecule has 4 N–H and O–H groups in total. The molecule has 1 aliphatic rings. The van der Waals surface area contributed by atoms with E-state index in [4.69, 9.17) is 14.2 Å². The third kappa shape index (κ3) is 8.96. The molecule has 0 radical (unpaired) electrons. The summed E-state index contributed by atoms with van der Waals surface area (Å²) in [5, 5.41) is 23.4. The highest BCUT2D eigenvalue weighted by Crippen LogP contribution is 2.32. The van der Waals surface area contributed by atoms with Gasteiger partial charge < -0.3 is 29.7 Å². The lowest BCUT2D eigenvalue weighted by atomic mass is 10.0. The topological polar surface area (TPSA) is 118 Å². The molecule has 40 heavy (non-hydrogen) atoms. The highest BCUT2D eigenvalue weighted by atomic mass is 16.7. The number of benzene rings is 2. The number of nitrogens with zero attached hydrogens (tertiary/aromatic N) is 1. The molecule has 0 aliphatic carbocycles. The fourth-order valence-corrected chi connectivity index (χ4v) is 4.80. The van der Waals surface area contributed by atoms with E-state index in [1.807, 2.05) is 50.2 Å². The molecule has 9 heteroatoms. The fraction of sp³-hybridized carbons (Fsp3) is 0.516. The number of aromatic amines is 1. The minimum atomic E-state index is -0.614. The number of ether oxygens (including phenoxy) is 3. The van der Waals surface area contributed by atoms with Crippen LogP contribution in [0.25, 0.3) is 5.69 Å². The van der Waals surface area contributed by atoms with Gasteiger partial charge in [0.15, 0.2) is 0 Å². The summed E-state index contributed by atoms with van der Waals surface area (Å²) in [5.41, 5.74) is 3.39. The van der Waals surface area contributed by atoms with Crippen LogP contribution in [0.2, 0.25) is 0 Å². The van der Waals surface area contributed by atoms with Crippen LogP contribution < -0.4 is 15.7 Å². The largest absolute Gasteiger partial charge is 0.493 e. The lowest BCUT2D eigenvalue weighted by Gasteiger charge is -2.33. The Morgan fingerprint density at radius 3 is 2.67 bits per heavy atom. The highest BCUT2D eigenvalue weighted by Gasteiger charge is 2.27. The van der Waals surface area contributed by atoms with Crippen LogP contribution in [0, 0.1) is 0 Å². The van der Waals surface area contributed by atoms with E-state index in [0.29, 0.717) is 13.2 Å². The van der Waals surface area contributed by atoms with E-state index in [-0.39, 0.29) is 11.6 Å². The first-order chi connectivity index (χ1) is 19.3. The van der Waals surface area contributed by atoms with Gasteiger partial charge >= 0.3 is 5.69 Å². The Morgan fingerprint density at radius 2 is 1.88 bits per heavy atom. The van der Waals surface area contributed by atoms with E-state index >= 15 is 0 Å². The molecule has 0 saturated heterocycles. The van der Waals surface area contributed by atoms with Crippen LogP contribution in [0.4, 0.5) is 0 Å². The third-order valence-electron chi connectivity index (χ3n) is 7.03. The minimum Gasteiger partial charge on any atom is -0.493 e.